The van der Waals surface area contributed by atoms with Crippen LogP contribution in [-0.2, 0) is 10.0 Å². The van der Waals surface area contributed by atoms with E-state index in [1.54, 1.807) is 0 Å². The summed E-state index contributed by atoms with van der Waals surface area (Å²) in [5, 5.41) is 5.31. The Morgan fingerprint density at radius 3 is 2.41 bits per heavy atom. The van der Waals surface area contributed by atoms with Gasteiger partial charge in [0.2, 0.25) is 10.0 Å². The minimum absolute atomic E-state index is 0.0304. The Morgan fingerprint density at radius 1 is 1.41 bits per heavy atom. The van der Waals surface area contributed by atoms with Gasteiger partial charge in [-0.15, -0.1) is 16.5 Å². The Hall–Kier alpha value is -0.930. The summed E-state index contributed by atoms with van der Waals surface area (Å²) < 4.78 is 23.7. The lowest BCUT2D eigenvalue weighted by molar-refractivity contribution is 0.203. The Morgan fingerprint density at radius 2 is 2.00 bits per heavy atom. The first kappa shape index (κ1) is 16.1. The summed E-state index contributed by atoms with van der Waals surface area (Å²) in [5.74, 6) is -0.186. The quantitative estimate of drug-likeness (QED) is 0.398. The minimum atomic E-state index is -3.37. The summed E-state index contributed by atoms with van der Waals surface area (Å²) in [6, 6.07) is -0.769. The molecule has 0 bridgehead atoms. The number of carbonyl (C=O) groups is 1. The number of sulfonamides is 1. The molecular weight excluding hydrogens is 272 g/mol. The average Bonchev–Trinajstić information content (AvgIpc) is 2.25. The average molecular weight is 287 g/mol. The van der Waals surface area contributed by atoms with Gasteiger partial charge in [0.15, 0.2) is 0 Å². The second-order valence-electron chi connectivity index (χ2n) is 3.22. The summed E-state index contributed by atoms with van der Waals surface area (Å²) in [4.78, 5) is 21.5. The summed E-state index contributed by atoms with van der Waals surface area (Å²) in [6.07, 6.45) is 0. The Kier molecular flexibility index (Phi) is 7.00. The number of nitrogens with zero attached hydrogens (tertiary/aromatic N) is 3. The molecule has 1 N–H and O–H groups in total. The Balaban J connectivity index is 4.13. The van der Waals surface area contributed by atoms with E-state index in [0.29, 0.717) is 5.01 Å². The Labute approximate surface area is 105 Å². The van der Waals surface area contributed by atoms with Crippen LogP contribution in [0.15, 0.2) is 5.29 Å². The standard InChI is InChI=1S/C7H15ClN4O4S/c1-11(2)17(15,16)6-4-9-7(13)12(10-14)5-3-8/h3-6H2,1-2H3,(H,9,13). The van der Waals surface area contributed by atoms with Crippen LogP contribution in [-0.4, -0.2) is 62.6 Å². The molecule has 0 aromatic heterocycles. The molecule has 0 aliphatic rings. The molecule has 0 saturated carbocycles. The number of halogens is 1. The van der Waals surface area contributed by atoms with E-state index in [-0.39, 0.29) is 24.7 Å². The number of nitroso groups, excluding NO2 is 1. The summed E-state index contributed by atoms with van der Waals surface area (Å²) in [5.41, 5.74) is 0. The monoisotopic (exact) mass is 286 g/mol. The zero-order chi connectivity index (χ0) is 13.5. The normalized spacial score (nSPS) is 11.3. The lowest BCUT2D eigenvalue weighted by Gasteiger charge is -2.14. The number of rotatable bonds is 7. The number of carbonyl (C=O) groups excluding carboxylic acids is 1. The van der Waals surface area contributed by atoms with Crippen LogP contribution < -0.4 is 5.32 Å². The molecule has 100 valence electrons. The van der Waals surface area contributed by atoms with Crippen LogP contribution in [0.4, 0.5) is 4.79 Å². The minimum Gasteiger partial charge on any atom is -0.335 e. The van der Waals surface area contributed by atoms with Crippen LogP contribution in [0, 0.1) is 4.91 Å². The molecule has 0 spiro atoms. The highest BCUT2D eigenvalue weighted by molar-refractivity contribution is 7.89. The van der Waals surface area contributed by atoms with Gasteiger partial charge in [-0.05, 0) is 0 Å². The maximum Gasteiger partial charge on any atom is 0.340 e. The molecule has 0 rings (SSSR count). The van der Waals surface area contributed by atoms with Crippen molar-refractivity contribution >= 4 is 27.7 Å². The molecule has 0 unspecified atom stereocenters. The van der Waals surface area contributed by atoms with E-state index < -0.39 is 16.1 Å². The van der Waals surface area contributed by atoms with Gasteiger partial charge in [-0.1, -0.05) is 0 Å². The topological polar surface area (TPSA) is 99.2 Å². The van der Waals surface area contributed by atoms with Gasteiger partial charge in [0, 0.05) is 26.5 Å². The van der Waals surface area contributed by atoms with Crippen molar-refractivity contribution in [1.82, 2.24) is 14.6 Å². The van der Waals surface area contributed by atoms with Crippen molar-refractivity contribution in [3.8, 4) is 0 Å². The number of hydrogen-bond acceptors (Lipinski definition) is 5. The van der Waals surface area contributed by atoms with Crippen LogP contribution in [0.5, 0.6) is 0 Å². The molecule has 0 aromatic rings. The van der Waals surface area contributed by atoms with Crippen LogP contribution >= 0.6 is 11.6 Å². The predicted octanol–water partition coefficient (Wildman–Crippen LogP) is -0.190. The van der Waals surface area contributed by atoms with Gasteiger partial charge in [0.05, 0.1) is 17.6 Å². The van der Waals surface area contributed by atoms with Crippen molar-refractivity contribution in [2.45, 2.75) is 0 Å². The van der Waals surface area contributed by atoms with Crippen molar-refractivity contribution < 1.29 is 13.2 Å². The highest BCUT2D eigenvalue weighted by Crippen LogP contribution is 1.94. The highest BCUT2D eigenvalue weighted by Gasteiger charge is 2.16. The van der Waals surface area contributed by atoms with Crippen LogP contribution in [0.3, 0.4) is 0 Å². The Bertz CT molecular complexity index is 359. The van der Waals surface area contributed by atoms with Crippen LogP contribution in [0.25, 0.3) is 0 Å². The maximum atomic E-state index is 11.3. The third kappa shape index (κ3) is 5.80. The molecule has 10 heteroatoms. The first-order valence-electron chi connectivity index (χ1n) is 4.70. The number of nitrogens with one attached hydrogen (secondary N) is 1. The first-order valence-corrected chi connectivity index (χ1v) is 6.84. The maximum absolute atomic E-state index is 11.3. The molecule has 0 fully saturated rings. The van der Waals surface area contributed by atoms with Crippen molar-refractivity contribution in [1.29, 1.82) is 0 Å². The SMILES string of the molecule is CN(C)S(=O)(=O)CCNC(=O)N(CCCl)N=O. The van der Waals surface area contributed by atoms with Gasteiger partial charge in [-0.25, -0.2) is 17.5 Å². The predicted molar refractivity (Wildman–Crippen MR) is 64.1 cm³/mol. The molecule has 0 heterocycles. The fraction of sp³-hybridized carbons (Fsp3) is 0.857. The molecule has 2 amide bonds. The van der Waals surface area contributed by atoms with Gasteiger partial charge in [0.1, 0.15) is 0 Å². The molecule has 0 atom stereocenters. The van der Waals surface area contributed by atoms with Crippen molar-refractivity contribution in [2.75, 3.05) is 38.8 Å². The fourth-order valence-corrected chi connectivity index (χ4v) is 1.71. The summed E-state index contributed by atoms with van der Waals surface area (Å²) in [6.45, 7) is -0.134. The number of hydrogen-bond donors (Lipinski definition) is 1. The number of urea groups is 1. The van der Waals surface area contributed by atoms with Gasteiger partial charge in [-0.3, -0.25) is 0 Å². The van der Waals surface area contributed by atoms with E-state index >= 15 is 0 Å². The number of amides is 2. The van der Waals surface area contributed by atoms with E-state index in [1.165, 1.54) is 14.1 Å². The van der Waals surface area contributed by atoms with E-state index in [2.05, 4.69) is 10.6 Å². The smallest absolute Gasteiger partial charge is 0.335 e. The fourth-order valence-electron chi connectivity index (χ4n) is 0.820. The molecule has 0 aromatic carbocycles. The van der Waals surface area contributed by atoms with Gasteiger partial charge in [-0.2, -0.15) is 5.01 Å². The highest BCUT2D eigenvalue weighted by atomic mass is 35.5. The van der Waals surface area contributed by atoms with Crippen molar-refractivity contribution in [2.24, 2.45) is 5.29 Å². The van der Waals surface area contributed by atoms with Crippen LogP contribution in [0.1, 0.15) is 0 Å². The number of alkyl halides is 1. The largest absolute Gasteiger partial charge is 0.340 e. The zero-order valence-electron chi connectivity index (χ0n) is 9.59. The van der Waals surface area contributed by atoms with E-state index in [9.17, 15) is 18.1 Å². The van der Waals surface area contributed by atoms with Gasteiger partial charge in [0.25, 0.3) is 0 Å². The summed E-state index contributed by atoms with van der Waals surface area (Å²) >= 11 is 5.34. The first-order chi connectivity index (χ1) is 7.85. The third-order valence-corrected chi connectivity index (χ3v) is 3.82. The van der Waals surface area contributed by atoms with Crippen LogP contribution in [0.2, 0.25) is 0 Å². The van der Waals surface area contributed by atoms with Gasteiger partial charge < -0.3 is 5.32 Å². The molecule has 0 aliphatic heterocycles. The molecule has 0 saturated heterocycles. The third-order valence-electron chi connectivity index (χ3n) is 1.82. The molecule has 0 aliphatic carbocycles. The molecular formula is C7H15ClN4O4S. The van der Waals surface area contributed by atoms with Crippen molar-refractivity contribution in [3.63, 3.8) is 0 Å². The van der Waals surface area contributed by atoms with E-state index in [0.717, 1.165) is 4.31 Å². The lowest BCUT2D eigenvalue weighted by Crippen LogP contribution is -2.40. The van der Waals surface area contributed by atoms with Crippen molar-refractivity contribution in [3.05, 3.63) is 4.91 Å². The summed E-state index contributed by atoms with van der Waals surface area (Å²) in [7, 11) is -0.588. The lowest BCUT2D eigenvalue weighted by atomic mass is 10.6. The molecule has 0 radical (unpaired) electrons. The second-order valence-corrected chi connectivity index (χ2v) is 5.90. The van der Waals surface area contributed by atoms with E-state index in [1.807, 2.05) is 0 Å². The molecule has 8 nitrogen and oxygen atoms in total. The second kappa shape index (κ2) is 7.41. The van der Waals surface area contributed by atoms with E-state index in [4.69, 9.17) is 11.6 Å². The zero-order valence-corrected chi connectivity index (χ0v) is 11.2. The molecule has 17 heavy (non-hydrogen) atoms. The van der Waals surface area contributed by atoms with Gasteiger partial charge >= 0.3 is 6.03 Å².